The second-order valence-corrected chi connectivity index (χ2v) is 8.76. The van der Waals surface area contributed by atoms with E-state index in [9.17, 15) is 9.59 Å². The molecule has 0 fully saturated rings. The zero-order valence-electron chi connectivity index (χ0n) is 19.2. The van der Waals surface area contributed by atoms with E-state index in [-0.39, 0.29) is 25.0 Å². The van der Waals surface area contributed by atoms with Crippen molar-refractivity contribution in [2.24, 2.45) is 0 Å². The maximum Gasteiger partial charge on any atom is 0.261 e. The fourth-order valence-electron chi connectivity index (χ4n) is 3.32. The zero-order valence-corrected chi connectivity index (χ0v) is 20.7. The molecular weight excluding hydrogens is 447 g/mol. The van der Waals surface area contributed by atoms with Crippen LogP contribution in [0.15, 0.2) is 42.5 Å². The van der Waals surface area contributed by atoms with Gasteiger partial charge in [-0.25, -0.2) is 0 Å². The number of rotatable bonds is 11. The fourth-order valence-corrected chi connectivity index (χ4v) is 3.83. The van der Waals surface area contributed by atoms with Gasteiger partial charge in [-0.15, -0.1) is 0 Å². The van der Waals surface area contributed by atoms with Crippen LogP contribution in [0.5, 0.6) is 5.75 Å². The molecule has 5 nitrogen and oxygen atoms in total. The van der Waals surface area contributed by atoms with Gasteiger partial charge in [0, 0.05) is 28.7 Å². The Morgan fingerprint density at radius 1 is 1.03 bits per heavy atom. The summed E-state index contributed by atoms with van der Waals surface area (Å²) in [6.07, 6.45) is 1.26. The van der Waals surface area contributed by atoms with Gasteiger partial charge >= 0.3 is 0 Å². The van der Waals surface area contributed by atoms with Crippen LogP contribution in [0.1, 0.15) is 57.6 Å². The van der Waals surface area contributed by atoms with Crippen molar-refractivity contribution < 1.29 is 14.3 Å². The molecule has 32 heavy (non-hydrogen) atoms. The van der Waals surface area contributed by atoms with Crippen molar-refractivity contribution in [3.63, 3.8) is 0 Å². The van der Waals surface area contributed by atoms with Crippen molar-refractivity contribution in [1.29, 1.82) is 0 Å². The van der Waals surface area contributed by atoms with E-state index >= 15 is 0 Å². The summed E-state index contributed by atoms with van der Waals surface area (Å²) in [6.45, 7) is 8.55. The van der Waals surface area contributed by atoms with Crippen LogP contribution in [-0.4, -0.2) is 35.9 Å². The standard InChI is InChI=1S/C25H32Cl2N2O3/c1-5-14-28-25(31)23(6-2)29(15-20-21(26)8-7-9-22(20)27)24(30)16-32-19-12-10-18(11-13-19)17(3)4/h7-13,17,23H,5-6,14-16H2,1-4H3,(H,28,31)/t23-/m0/s1. The van der Waals surface area contributed by atoms with E-state index in [1.54, 1.807) is 18.2 Å². The monoisotopic (exact) mass is 478 g/mol. The van der Waals surface area contributed by atoms with E-state index in [1.165, 1.54) is 10.5 Å². The molecule has 0 aliphatic carbocycles. The highest BCUT2D eigenvalue weighted by atomic mass is 35.5. The van der Waals surface area contributed by atoms with Gasteiger partial charge in [0.2, 0.25) is 5.91 Å². The number of nitrogens with zero attached hydrogens (tertiary/aromatic N) is 1. The first-order valence-corrected chi connectivity index (χ1v) is 11.8. The van der Waals surface area contributed by atoms with Gasteiger partial charge in [0.15, 0.2) is 6.61 Å². The topological polar surface area (TPSA) is 58.6 Å². The van der Waals surface area contributed by atoms with Gasteiger partial charge in [0.25, 0.3) is 5.91 Å². The first kappa shape index (κ1) is 26.0. The molecular formula is C25H32Cl2N2O3. The molecule has 1 N–H and O–H groups in total. The lowest BCUT2D eigenvalue weighted by Gasteiger charge is -2.31. The van der Waals surface area contributed by atoms with Crippen LogP contribution in [0.2, 0.25) is 10.0 Å². The molecule has 2 amide bonds. The van der Waals surface area contributed by atoms with Crippen molar-refractivity contribution in [3.05, 3.63) is 63.6 Å². The fraction of sp³-hybridized carbons (Fsp3) is 0.440. The van der Waals surface area contributed by atoms with E-state index in [1.807, 2.05) is 38.1 Å². The number of nitrogens with one attached hydrogen (secondary N) is 1. The highest BCUT2D eigenvalue weighted by Crippen LogP contribution is 2.27. The molecule has 0 bridgehead atoms. The van der Waals surface area contributed by atoms with Gasteiger partial charge in [-0.05, 0) is 48.6 Å². The van der Waals surface area contributed by atoms with Crippen molar-refractivity contribution in [2.75, 3.05) is 13.2 Å². The second kappa shape index (κ2) is 12.7. The Balaban J connectivity index is 2.23. The molecule has 0 unspecified atom stereocenters. The van der Waals surface area contributed by atoms with Crippen LogP contribution < -0.4 is 10.1 Å². The molecule has 0 spiro atoms. The summed E-state index contributed by atoms with van der Waals surface area (Å²) in [7, 11) is 0. The summed E-state index contributed by atoms with van der Waals surface area (Å²) < 4.78 is 5.75. The maximum absolute atomic E-state index is 13.2. The van der Waals surface area contributed by atoms with E-state index in [2.05, 4.69) is 19.2 Å². The molecule has 0 saturated carbocycles. The molecule has 2 rings (SSSR count). The van der Waals surface area contributed by atoms with E-state index in [4.69, 9.17) is 27.9 Å². The Kier molecular flexibility index (Phi) is 10.3. The summed E-state index contributed by atoms with van der Waals surface area (Å²) in [5.74, 6) is 0.495. The zero-order chi connectivity index (χ0) is 23.7. The van der Waals surface area contributed by atoms with Crippen LogP contribution in [0, 0.1) is 0 Å². The number of benzene rings is 2. The molecule has 1 atom stereocenters. The van der Waals surface area contributed by atoms with Crippen molar-refractivity contribution in [3.8, 4) is 5.75 Å². The minimum Gasteiger partial charge on any atom is -0.484 e. The number of ether oxygens (including phenoxy) is 1. The number of hydrogen-bond donors (Lipinski definition) is 1. The lowest BCUT2D eigenvalue weighted by molar-refractivity contribution is -0.143. The predicted octanol–water partition coefficient (Wildman–Crippen LogP) is 5.83. The Hall–Kier alpha value is -2.24. The van der Waals surface area contributed by atoms with Gasteiger partial charge in [0.05, 0.1) is 0 Å². The van der Waals surface area contributed by atoms with Crippen LogP contribution in [0.4, 0.5) is 0 Å². The summed E-state index contributed by atoms with van der Waals surface area (Å²) in [5.41, 5.74) is 1.80. The van der Waals surface area contributed by atoms with E-state index in [0.717, 1.165) is 6.42 Å². The number of hydrogen-bond acceptors (Lipinski definition) is 3. The average molecular weight is 479 g/mol. The molecule has 0 saturated heterocycles. The minimum atomic E-state index is -0.659. The summed E-state index contributed by atoms with van der Waals surface area (Å²) in [6, 6.07) is 12.2. The Morgan fingerprint density at radius 2 is 1.66 bits per heavy atom. The highest BCUT2D eigenvalue weighted by molar-refractivity contribution is 6.36. The quantitative estimate of drug-likeness (QED) is 0.441. The number of carbonyl (C=O) groups excluding carboxylic acids is 2. The summed E-state index contributed by atoms with van der Waals surface area (Å²) in [4.78, 5) is 27.5. The van der Waals surface area contributed by atoms with Crippen molar-refractivity contribution in [2.45, 2.75) is 59.0 Å². The van der Waals surface area contributed by atoms with Gasteiger partial charge < -0.3 is 15.0 Å². The molecule has 0 aliphatic rings. The van der Waals surface area contributed by atoms with Gasteiger partial charge in [0.1, 0.15) is 11.8 Å². The molecule has 7 heteroatoms. The third-order valence-electron chi connectivity index (χ3n) is 5.23. The van der Waals surface area contributed by atoms with E-state index < -0.39 is 6.04 Å². The largest absolute Gasteiger partial charge is 0.484 e. The van der Waals surface area contributed by atoms with Gasteiger partial charge in [-0.3, -0.25) is 9.59 Å². The third-order valence-corrected chi connectivity index (χ3v) is 5.94. The second-order valence-electron chi connectivity index (χ2n) is 7.95. The number of carbonyl (C=O) groups is 2. The molecule has 0 radical (unpaired) electrons. The molecule has 0 aliphatic heterocycles. The summed E-state index contributed by atoms with van der Waals surface area (Å²) in [5, 5.41) is 3.78. The minimum absolute atomic E-state index is 0.116. The molecule has 0 heterocycles. The van der Waals surface area contributed by atoms with Gasteiger partial charge in [-0.1, -0.05) is 69.1 Å². The Labute approximate surface area is 201 Å². The van der Waals surface area contributed by atoms with Crippen LogP contribution in [-0.2, 0) is 16.1 Å². The van der Waals surface area contributed by atoms with Gasteiger partial charge in [-0.2, -0.15) is 0 Å². The number of halogens is 2. The van der Waals surface area contributed by atoms with Crippen LogP contribution in [0.3, 0.4) is 0 Å². The normalized spacial score (nSPS) is 11.8. The molecule has 2 aromatic rings. The first-order valence-electron chi connectivity index (χ1n) is 11.0. The number of amides is 2. The smallest absolute Gasteiger partial charge is 0.261 e. The summed E-state index contributed by atoms with van der Waals surface area (Å²) >= 11 is 12.7. The SMILES string of the molecule is CCCNC(=O)[C@H](CC)N(Cc1c(Cl)cccc1Cl)C(=O)COc1ccc(C(C)C)cc1. The first-order chi connectivity index (χ1) is 15.3. The van der Waals surface area contributed by atoms with Crippen LogP contribution >= 0.6 is 23.2 Å². The van der Waals surface area contributed by atoms with E-state index in [0.29, 0.717) is 40.2 Å². The lowest BCUT2D eigenvalue weighted by atomic mass is 10.0. The molecule has 174 valence electrons. The van der Waals surface area contributed by atoms with Crippen molar-refractivity contribution >= 4 is 35.0 Å². The van der Waals surface area contributed by atoms with Crippen LogP contribution in [0.25, 0.3) is 0 Å². The molecule has 0 aromatic heterocycles. The lowest BCUT2D eigenvalue weighted by Crippen LogP contribution is -2.50. The highest BCUT2D eigenvalue weighted by Gasteiger charge is 2.29. The molecule has 2 aromatic carbocycles. The van der Waals surface area contributed by atoms with Crippen molar-refractivity contribution in [1.82, 2.24) is 10.2 Å². The third kappa shape index (κ3) is 7.14. The predicted molar refractivity (Wildman–Crippen MR) is 130 cm³/mol. The Morgan fingerprint density at radius 3 is 2.19 bits per heavy atom. The Bertz CT molecular complexity index is 880. The average Bonchev–Trinajstić information content (AvgIpc) is 2.78. The maximum atomic E-state index is 13.2.